The van der Waals surface area contributed by atoms with Crippen LogP contribution >= 0.6 is 0 Å². The molecule has 0 saturated carbocycles. The van der Waals surface area contributed by atoms with E-state index in [2.05, 4.69) is 130 Å². The molecule has 0 aliphatic rings. The predicted molar refractivity (Wildman–Crippen MR) is 260 cm³/mol. The molecule has 0 fully saturated rings. The first-order chi connectivity index (χ1) is 30.0. The number of ether oxygens (including phenoxy) is 3. The SMILES string of the molecule is CC/C=C\C/C=C\C/C=C\C/C=C\CCCCCCCCC(=O)OCC(COC(=O)CCCCCCC/C=C\C/C=C\CC)OC(=O)CCCC/C=C\C/C=C\C/C=C\CC. The zero-order valence-corrected chi connectivity index (χ0v) is 39.1. The van der Waals surface area contributed by atoms with Crippen molar-refractivity contribution < 1.29 is 28.6 Å². The van der Waals surface area contributed by atoms with Gasteiger partial charge < -0.3 is 14.2 Å². The fourth-order valence-corrected chi connectivity index (χ4v) is 6.19. The number of allylic oxidation sites excluding steroid dienone is 18. The molecule has 0 aromatic heterocycles. The van der Waals surface area contributed by atoms with Gasteiger partial charge in [-0.25, -0.2) is 0 Å². The zero-order chi connectivity index (χ0) is 44.4. The quantitative estimate of drug-likeness (QED) is 0.0264. The zero-order valence-electron chi connectivity index (χ0n) is 39.1. The van der Waals surface area contributed by atoms with Gasteiger partial charge >= 0.3 is 17.9 Å². The number of carbonyl (C=O) groups excluding carboxylic acids is 3. The topological polar surface area (TPSA) is 78.9 Å². The smallest absolute Gasteiger partial charge is 0.306 e. The van der Waals surface area contributed by atoms with Crippen LogP contribution in [0.4, 0.5) is 0 Å². The molecule has 0 radical (unpaired) electrons. The number of rotatable bonds is 42. The summed E-state index contributed by atoms with van der Waals surface area (Å²) in [5.74, 6) is -0.985. The molecule has 0 N–H and O–H groups in total. The van der Waals surface area contributed by atoms with Crippen LogP contribution in [0.25, 0.3) is 0 Å². The van der Waals surface area contributed by atoms with E-state index in [1.54, 1.807) is 0 Å². The number of hydrogen-bond acceptors (Lipinski definition) is 6. The standard InChI is InChI=1S/C55H88O6/c1-4-7-10-13-16-19-22-25-26-27-28-29-30-31-34-36-39-42-45-48-54(57)60-51-52(61-55(58)49-46-43-40-37-33-24-21-18-15-12-9-6-3)50-59-53(56)47-44-41-38-35-32-23-20-17-14-11-8-5-2/h7-12,16-21,25-26,28-29,33,37,52H,4-6,13-15,22-24,27,30-32,34-36,38-51H2,1-3H3/b10-7-,11-8-,12-9-,19-16-,20-17-,21-18-,26-25-,29-28-,37-33-. The van der Waals surface area contributed by atoms with Crippen molar-refractivity contribution in [1.82, 2.24) is 0 Å². The van der Waals surface area contributed by atoms with Gasteiger partial charge in [0.15, 0.2) is 6.10 Å². The van der Waals surface area contributed by atoms with Crippen LogP contribution in [-0.2, 0) is 28.6 Å². The second kappa shape index (κ2) is 48.7. The summed E-state index contributed by atoms with van der Waals surface area (Å²) in [7, 11) is 0. The van der Waals surface area contributed by atoms with Crippen LogP contribution in [0, 0.1) is 0 Å². The van der Waals surface area contributed by atoms with Gasteiger partial charge in [0.25, 0.3) is 0 Å². The van der Waals surface area contributed by atoms with Crippen LogP contribution in [-0.4, -0.2) is 37.2 Å². The lowest BCUT2D eigenvalue weighted by Crippen LogP contribution is -2.30. The first-order valence-electron chi connectivity index (χ1n) is 24.4. The molecular formula is C55H88O6. The molecular weight excluding hydrogens is 757 g/mol. The van der Waals surface area contributed by atoms with Crippen molar-refractivity contribution in [3.63, 3.8) is 0 Å². The molecule has 0 bridgehead atoms. The van der Waals surface area contributed by atoms with E-state index >= 15 is 0 Å². The second-order valence-corrected chi connectivity index (χ2v) is 15.6. The monoisotopic (exact) mass is 845 g/mol. The first-order valence-corrected chi connectivity index (χ1v) is 24.4. The summed E-state index contributed by atoms with van der Waals surface area (Å²) in [4.78, 5) is 37.9. The van der Waals surface area contributed by atoms with Gasteiger partial charge in [-0.15, -0.1) is 0 Å². The molecule has 0 aliphatic heterocycles. The van der Waals surface area contributed by atoms with E-state index in [9.17, 15) is 14.4 Å². The van der Waals surface area contributed by atoms with E-state index in [1.807, 2.05) is 0 Å². The summed E-state index contributed by atoms with van der Waals surface area (Å²) in [6, 6.07) is 0. The van der Waals surface area contributed by atoms with E-state index in [-0.39, 0.29) is 37.5 Å². The van der Waals surface area contributed by atoms with Crippen LogP contribution in [0.3, 0.4) is 0 Å². The molecule has 0 aliphatic carbocycles. The summed E-state index contributed by atoms with van der Waals surface area (Å²) in [6.45, 7) is 6.22. The van der Waals surface area contributed by atoms with Gasteiger partial charge in [-0.05, 0) is 116 Å². The Hall–Kier alpha value is -3.93. The maximum Gasteiger partial charge on any atom is 0.306 e. The third-order valence-electron chi connectivity index (χ3n) is 9.75. The molecule has 0 amide bonds. The summed E-state index contributed by atoms with van der Waals surface area (Å²) in [5, 5.41) is 0. The molecule has 6 heteroatoms. The molecule has 0 aromatic rings. The Morgan fingerprint density at radius 3 is 0.951 bits per heavy atom. The van der Waals surface area contributed by atoms with Gasteiger partial charge in [0.2, 0.25) is 0 Å². The van der Waals surface area contributed by atoms with Crippen molar-refractivity contribution in [3.05, 3.63) is 109 Å². The lowest BCUT2D eigenvalue weighted by molar-refractivity contribution is -0.167. The number of unbranched alkanes of at least 4 members (excludes halogenated alkanes) is 13. The largest absolute Gasteiger partial charge is 0.462 e. The van der Waals surface area contributed by atoms with Gasteiger partial charge in [0.1, 0.15) is 13.2 Å². The first kappa shape index (κ1) is 57.1. The van der Waals surface area contributed by atoms with Crippen LogP contribution in [0.2, 0.25) is 0 Å². The molecule has 0 saturated heterocycles. The van der Waals surface area contributed by atoms with Crippen molar-refractivity contribution in [3.8, 4) is 0 Å². The highest BCUT2D eigenvalue weighted by Crippen LogP contribution is 2.12. The molecule has 0 spiro atoms. The highest BCUT2D eigenvalue weighted by Gasteiger charge is 2.19. The van der Waals surface area contributed by atoms with Crippen molar-refractivity contribution in [1.29, 1.82) is 0 Å². The fourth-order valence-electron chi connectivity index (χ4n) is 6.19. The van der Waals surface area contributed by atoms with Gasteiger partial charge in [0, 0.05) is 19.3 Å². The molecule has 344 valence electrons. The maximum absolute atomic E-state index is 12.7. The Morgan fingerprint density at radius 1 is 0.328 bits per heavy atom. The summed E-state index contributed by atoms with van der Waals surface area (Å²) >= 11 is 0. The molecule has 0 aromatic carbocycles. The lowest BCUT2D eigenvalue weighted by atomic mass is 10.1. The van der Waals surface area contributed by atoms with E-state index in [4.69, 9.17) is 14.2 Å². The normalized spacial score (nSPS) is 13.0. The fraction of sp³-hybridized carbons (Fsp3) is 0.618. The Kier molecular flexibility index (Phi) is 45.6. The highest BCUT2D eigenvalue weighted by molar-refractivity contribution is 5.71. The van der Waals surface area contributed by atoms with Crippen LogP contribution in [0.5, 0.6) is 0 Å². The van der Waals surface area contributed by atoms with Gasteiger partial charge in [-0.1, -0.05) is 175 Å². The maximum atomic E-state index is 12.7. The number of carbonyl (C=O) groups is 3. The lowest BCUT2D eigenvalue weighted by Gasteiger charge is -2.18. The number of hydrogen-bond donors (Lipinski definition) is 0. The molecule has 6 nitrogen and oxygen atoms in total. The minimum atomic E-state index is -0.810. The van der Waals surface area contributed by atoms with E-state index < -0.39 is 6.10 Å². The van der Waals surface area contributed by atoms with Crippen molar-refractivity contribution >= 4 is 17.9 Å². The van der Waals surface area contributed by atoms with E-state index in [1.165, 1.54) is 12.8 Å². The third kappa shape index (κ3) is 47.0. The Bertz CT molecular complexity index is 1290. The second-order valence-electron chi connectivity index (χ2n) is 15.6. The van der Waals surface area contributed by atoms with E-state index in [0.717, 1.165) is 141 Å². The van der Waals surface area contributed by atoms with Crippen LogP contribution in [0.15, 0.2) is 109 Å². The molecule has 0 heterocycles. The van der Waals surface area contributed by atoms with Crippen LogP contribution < -0.4 is 0 Å². The summed E-state index contributed by atoms with van der Waals surface area (Å²) in [6.07, 6.45) is 65.1. The van der Waals surface area contributed by atoms with Gasteiger partial charge in [0.05, 0.1) is 0 Å². The molecule has 1 unspecified atom stereocenters. The Balaban J connectivity index is 4.45. The number of esters is 3. The van der Waals surface area contributed by atoms with Crippen molar-refractivity contribution in [2.75, 3.05) is 13.2 Å². The van der Waals surface area contributed by atoms with Crippen LogP contribution in [0.1, 0.15) is 201 Å². The summed E-state index contributed by atoms with van der Waals surface area (Å²) < 4.78 is 16.7. The summed E-state index contributed by atoms with van der Waals surface area (Å²) in [5.41, 5.74) is 0. The minimum Gasteiger partial charge on any atom is -0.462 e. The van der Waals surface area contributed by atoms with Crippen molar-refractivity contribution in [2.45, 2.75) is 207 Å². The Labute approximate surface area is 374 Å². The molecule has 1 atom stereocenters. The van der Waals surface area contributed by atoms with Crippen molar-refractivity contribution in [2.24, 2.45) is 0 Å². The molecule has 0 rings (SSSR count). The minimum absolute atomic E-state index is 0.108. The predicted octanol–water partition coefficient (Wildman–Crippen LogP) is 16.0. The average Bonchev–Trinajstić information content (AvgIpc) is 3.26. The van der Waals surface area contributed by atoms with Gasteiger partial charge in [-0.3, -0.25) is 14.4 Å². The highest BCUT2D eigenvalue weighted by atomic mass is 16.6. The average molecular weight is 845 g/mol. The van der Waals surface area contributed by atoms with Gasteiger partial charge in [-0.2, -0.15) is 0 Å². The molecule has 61 heavy (non-hydrogen) atoms. The van der Waals surface area contributed by atoms with E-state index in [0.29, 0.717) is 19.3 Å². The third-order valence-corrected chi connectivity index (χ3v) is 9.75. The Morgan fingerprint density at radius 2 is 0.590 bits per heavy atom.